The fourth-order valence-corrected chi connectivity index (χ4v) is 3.25. The highest BCUT2D eigenvalue weighted by molar-refractivity contribution is 7.99. The monoisotopic (exact) mass is 367 g/mol. The number of carbonyl (C=O) groups excluding carboxylic acids is 1. The Morgan fingerprint density at radius 2 is 1.96 bits per heavy atom. The maximum atomic E-state index is 12.3. The molecule has 0 radical (unpaired) electrons. The third-order valence-corrected chi connectivity index (χ3v) is 5.10. The highest BCUT2D eigenvalue weighted by Crippen LogP contribution is 2.21. The predicted octanol–water partition coefficient (Wildman–Crippen LogP) is 3.57. The summed E-state index contributed by atoms with van der Waals surface area (Å²) in [5, 5.41) is 15.4. The summed E-state index contributed by atoms with van der Waals surface area (Å²) < 4.78 is 1.66. The lowest BCUT2D eigenvalue weighted by molar-refractivity contribution is -0.113. The van der Waals surface area contributed by atoms with E-state index in [4.69, 9.17) is 0 Å². The van der Waals surface area contributed by atoms with Crippen molar-refractivity contribution >= 4 is 23.4 Å². The van der Waals surface area contributed by atoms with Crippen LogP contribution < -0.4 is 5.32 Å². The third kappa shape index (κ3) is 4.11. The van der Waals surface area contributed by atoms with Gasteiger partial charge < -0.3 is 5.32 Å². The number of nitrogens with zero attached hydrogens (tertiary/aromatic N) is 4. The number of hydrogen-bond donors (Lipinski definition) is 1. The standard InChI is InChI=1S/C19H21N5OS/c1-4-15-7-5-6-8-17(15)20-18(25)12-26-19-21-22-23-24(19)16-10-9-13(2)14(3)11-16/h5-11H,4,12H2,1-3H3,(H,20,25). The molecule has 0 saturated carbocycles. The minimum atomic E-state index is -0.0782. The van der Waals surface area contributed by atoms with E-state index in [2.05, 4.69) is 41.6 Å². The van der Waals surface area contributed by atoms with Gasteiger partial charge in [-0.25, -0.2) is 0 Å². The van der Waals surface area contributed by atoms with Gasteiger partial charge in [-0.15, -0.1) is 5.10 Å². The minimum absolute atomic E-state index is 0.0782. The maximum absolute atomic E-state index is 12.3. The summed E-state index contributed by atoms with van der Waals surface area (Å²) in [6.45, 7) is 6.18. The summed E-state index contributed by atoms with van der Waals surface area (Å²) in [5.41, 5.74) is 5.24. The second kappa shape index (κ2) is 8.14. The van der Waals surface area contributed by atoms with Crippen molar-refractivity contribution in [1.29, 1.82) is 0 Å². The number of hydrogen-bond acceptors (Lipinski definition) is 5. The first-order valence-electron chi connectivity index (χ1n) is 8.45. The Morgan fingerprint density at radius 1 is 1.15 bits per heavy atom. The van der Waals surface area contributed by atoms with Gasteiger partial charge >= 0.3 is 0 Å². The van der Waals surface area contributed by atoms with Crippen molar-refractivity contribution < 1.29 is 4.79 Å². The van der Waals surface area contributed by atoms with Crippen molar-refractivity contribution in [2.75, 3.05) is 11.1 Å². The molecule has 0 aliphatic heterocycles. The molecule has 134 valence electrons. The highest BCUT2D eigenvalue weighted by atomic mass is 32.2. The Hall–Kier alpha value is -2.67. The lowest BCUT2D eigenvalue weighted by atomic mass is 10.1. The number of tetrazole rings is 1. The Bertz CT molecular complexity index is 922. The van der Waals surface area contributed by atoms with Gasteiger partial charge in [0.1, 0.15) is 0 Å². The molecule has 0 aliphatic rings. The van der Waals surface area contributed by atoms with Gasteiger partial charge in [-0.1, -0.05) is 43.0 Å². The maximum Gasteiger partial charge on any atom is 0.234 e. The van der Waals surface area contributed by atoms with Crippen molar-refractivity contribution in [3.8, 4) is 5.69 Å². The Morgan fingerprint density at radius 3 is 2.73 bits per heavy atom. The molecular weight excluding hydrogens is 346 g/mol. The van der Waals surface area contributed by atoms with Crippen LogP contribution in [0.25, 0.3) is 5.69 Å². The van der Waals surface area contributed by atoms with Crippen LogP contribution in [0.2, 0.25) is 0 Å². The molecular formula is C19H21N5OS. The van der Waals surface area contributed by atoms with Crippen molar-refractivity contribution in [1.82, 2.24) is 20.2 Å². The van der Waals surface area contributed by atoms with E-state index in [1.54, 1.807) is 4.68 Å². The molecule has 0 saturated heterocycles. The average molecular weight is 367 g/mol. The van der Waals surface area contributed by atoms with Crippen LogP contribution in [0.3, 0.4) is 0 Å². The molecule has 0 spiro atoms. The van der Waals surface area contributed by atoms with Gasteiger partial charge in [0.05, 0.1) is 11.4 Å². The van der Waals surface area contributed by atoms with Crippen LogP contribution in [0.4, 0.5) is 5.69 Å². The van der Waals surface area contributed by atoms with E-state index in [1.165, 1.54) is 22.9 Å². The van der Waals surface area contributed by atoms with Gasteiger partial charge in [-0.2, -0.15) is 4.68 Å². The van der Waals surface area contributed by atoms with Gasteiger partial charge in [0.2, 0.25) is 11.1 Å². The Labute approximate surface area is 157 Å². The predicted molar refractivity (Wildman–Crippen MR) is 104 cm³/mol. The highest BCUT2D eigenvalue weighted by Gasteiger charge is 2.13. The van der Waals surface area contributed by atoms with E-state index in [0.29, 0.717) is 5.16 Å². The number of aryl methyl sites for hydroxylation is 3. The number of carbonyl (C=O) groups is 1. The second-order valence-corrected chi connectivity index (χ2v) is 6.93. The molecule has 7 heteroatoms. The molecule has 1 amide bonds. The number of benzene rings is 2. The molecule has 1 heterocycles. The molecule has 2 aromatic carbocycles. The van der Waals surface area contributed by atoms with Crippen LogP contribution in [0.1, 0.15) is 23.6 Å². The summed E-state index contributed by atoms with van der Waals surface area (Å²) in [4.78, 5) is 12.3. The van der Waals surface area contributed by atoms with Gasteiger partial charge in [0, 0.05) is 5.69 Å². The largest absolute Gasteiger partial charge is 0.325 e. The second-order valence-electron chi connectivity index (χ2n) is 5.99. The molecule has 26 heavy (non-hydrogen) atoms. The Kier molecular flexibility index (Phi) is 5.68. The van der Waals surface area contributed by atoms with Gasteiger partial charge in [0.25, 0.3) is 0 Å². The van der Waals surface area contributed by atoms with Crippen LogP contribution in [0.5, 0.6) is 0 Å². The summed E-state index contributed by atoms with van der Waals surface area (Å²) in [6, 6.07) is 13.9. The molecule has 3 rings (SSSR count). The molecule has 1 aromatic heterocycles. The molecule has 0 aliphatic carbocycles. The van der Waals surface area contributed by atoms with Crippen LogP contribution in [0.15, 0.2) is 47.6 Å². The first kappa shape index (κ1) is 18.1. The van der Waals surface area contributed by atoms with E-state index in [1.807, 2.05) is 42.5 Å². The molecule has 6 nitrogen and oxygen atoms in total. The van der Waals surface area contributed by atoms with Crippen LogP contribution in [0, 0.1) is 13.8 Å². The SMILES string of the molecule is CCc1ccccc1NC(=O)CSc1nnnn1-c1ccc(C)c(C)c1. The Balaban J connectivity index is 1.68. The number of nitrogens with one attached hydrogen (secondary N) is 1. The number of aromatic nitrogens is 4. The zero-order valence-corrected chi connectivity index (χ0v) is 15.9. The fraction of sp³-hybridized carbons (Fsp3) is 0.263. The zero-order chi connectivity index (χ0) is 18.5. The number of anilines is 1. The van der Waals surface area contributed by atoms with E-state index in [9.17, 15) is 4.79 Å². The van der Waals surface area contributed by atoms with Crippen molar-refractivity contribution in [2.45, 2.75) is 32.3 Å². The van der Waals surface area contributed by atoms with Crippen LogP contribution in [-0.2, 0) is 11.2 Å². The quantitative estimate of drug-likeness (QED) is 0.674. The fourth-order valence-electron chi connectivity index (χ4n) is 2.56. The third-order valence-electron chi connectivity index (χ3n) is 4.18. The summed E-state index contributed by atoms with van der Waals surface area (Å²) in [7, 11) is 0. The number of thioether (sulfide) groups is 1. The summed E-state index contributed by atoms with van der Waals surface area (Å²) in [5.74, 6) is 0.161. The lowest BCUT2D eigenvalue weighted by Gasteiger charge is -2.10. The zero-order valence-electron chi connectivity index (χ0n) is 15.1. The molecule has 3 aromatic rings. The minimum Gasteiger partial charge on any atom is -0.325 e. The summed E-state index contributed by atoms with van der Waals surface area (Å²) in [6.07, 6.45) is 0.870. The summed E-state index contributed by atoms with van der Waals surface area (Å²) >= 11 is 1.31. The molecule has 0 unspecified atom stereocenters. The normalized spacial score (nSPS) is 10.7. The van der Waals surface area contributed by atoms with Crippen LogP contribution in [-0.4, -0.2) is 31.9 Å². The van der Waals surface area contributed by atoms with E-state index in [0.717, 1.165) is 23.4 Å². The van der Waals surface area contributed by atoms with Gasteiger partial charge in [0.15, 0.2) is 0 Å². The first-order valence-corrected chi connectivity index (χ1v) is 9.43. The van der Waals surface area contributed by atoms with Gasteiger partial charge in [-0.3, -0.25) is 4.79 Å². The molecule has 1 N–H and O–H groups in total. The van der Waals surface area contributed by atoms with E-state index >= 15 is 0 Å². The lowest BCUT2D eigenvalue weighted by Crippen LogP contribution is -2.15. The van der Waals surface area contributed by atoms with Crippen molar-refractivity contribution in [2.24, 2.45) is 0 Å². The van der Waals surface area contributed by atoms with Crippen molar-refractivity contribution in [3.63, 3.8) is 0 Å². The number of para-hydroxylation sites is 1. The smallest absolute Gasteiger partial charge is 0.234 e. The topological polar surface area (TPSA) is 72.7 Å². The van der Waals surface area contributed by atoms with E-state index < -0.39 is 0 Å². The molecule has 0 fully saturated rings. The average Bonchev–Trinajstić information content (AvgIpc) is 3.11. The van der Waals surface area contributed by atoms with E-state index in [-0.39, 0.29) is 11.7 Å². The van der Waals surface area contributed by atoms with Gasteiger partial charge in [-0.05, 0) is 65.6 Å². The van der Waals surface area contributed by atoms with Crippen LogP contribution >= 0.6 is 11.8 Å². The van der Waals surface area contributed by atoms with Crippen molar-refractivity contribution in [3.05, 3.63) is 59.2 Å². The molecule has 0 atom stereocenters. The number of amides is 1. The first-order chi connectivity index (χ1) is 12.6. The number of rotatable bonds is 6. The molecule has 0 bridgehead atoms.